The Morgan fingerprint density at radius 1 is 0.958 bits per heavy atom. The van der Waals surface area contributed by atoms with E-state index >= 15 is 0 Å². The summed E-state index contributed by atoms with van der Waals surface area (Å²) < 4.78 is 7.07. The van der Waals surface area contributed by atoms with E-state index in [1.54, 1.807) is 17.7 Å². The number of thiophene rings is 1. The molecule has 0 bridgehead atoms. The van der Waals surface area contributed by atoms with Gasteiger partial charge in [-0.1, -0.05) is 46.3 Å². The summed E-state index contributed by atoms with van der Waals surface area (Å²) in [5.74, 6) is 1.34. The summed E-state index contributed by atoms with van der Waals surface area (Å²) in [6.07, 6.45) is 1.56. The number of aromatic nitrogens is 2. The van der Waals surface area contributed by atoms with Gasteiger partial charge in [0.15, 0.2) is 0 Å². The molecule has 24 heavy (non-hydrogen) atoms. The molecule has 0 unspecified atom stereocenters. The third kappa shape index (κ3) is 2.81. The minimum Gasteiger partial charge on any atom is -0.438 e. The molecular formula is C19H13BrN2OS. The van der Waals surface area contributed by atoms with E-state index in [4.69, 9.17) is 4.74 Å². The molecule has 0 spiro atoms. The SMILES string of the molecule is Cc1sc2ncnc(Oc3ccc(Br)cc3)c2c1-c1ccccc1. The molecule has 3 nitrogen and oxygen atoms in total. The molecule has 5 heteroatoms. The van der Waals surface area contributed by atoms with Gasteiger partial charge in [0.05, 0.1) is 5.39 Å². The highest BCUT2D eigenvalue weighted by Crippen LogP contribution is 2.42. The van der Waals surface area contributed by atoms with Gasteiger partial charge in [-0.15, -0.1) is 11.3 Å². The quantitative estimate of drug-likeness (QED) is 0.412. The lowest BCUT2D eigenvalue weighted by Crippen LogP contribution is -1.91. The summed E-state index contributed by atoms with van der Waals surface area (Å²) in [6.45, 7) is 2.11. The van der Waals surface area contributed by atoms with Crippen LogP contribution in [0.2, 0.25) is 0 Å². The molecule has 2 aromatic carbocycles. The number of benzene rings is 2. The molecule has 0 saturated carbocycles. The number of nitrogens with zero attached hydrogens (tertiary/aromatic N) is 2. The van der Waals surface area contributed by atoms with Gasteiger partial charge in [-0.25, -0.2) is 9.97 Å². The molecule has 0 radical (unpaired) electrons. The van der Waals surface area contributed by atoms with Crippen LogP contribution in [0.15, 0.2) is 65.4 Å². The van der Waals surface area contributed by atoms with E-state index in [2.05, 4.69) is 45.0 Å². The van der Waals surface area contributed by atoms with Crippen LogP contribution in [0, 0.1) is 6.92 Å². The van der Waals surface area contributed by atoms with Crippen LogP contribution in [0.3, 0.4) is 0 Å². The molecular weight excluding hydrogens is 384 g/mol. The topological polar surface area (TPSA) is 35.0 Å². The zero-order valence-electron chi connectivity index (χ0n) is 12.9. The summed E-state index contributed by atoms with van der Waals surface area (Å²) >= 11 is 5.10. The van der Waals surface area contributed by atoms with Crippen LogP contribution < -0.4 is 4.74 Å². The highest BCUT2D eigenvalue weighted by molar-refractivity contribution is 9.10. The Bertz CT molecular complexity index is 997. The van der Waals surface area contributed by atoms with Crippen molar-refractivity contribution in [3.05, 3.63) is 70.3 Å². The van der Waals surface area contributed by atoms with E-state index in [-0.39, 0.29) is 0 Å². The van der Waals surface area contributed by atoms with E-state index in [1.807, 2.05) is 42.5 Å². The van der Waals surface area contributed by atoms with Crippen molar-refractivity contribution in [1.82, 2.24) is 9.97 Å². The van der Waals surface area contributed by atoms with Gasteiger partial charge in [-0.3, -0.25) is 0 Å². The average molecular weight is 397 g/mol. The van der Waals surface area contributed by atoms with Crippen LogP contribution >= 0.6 is 27.3 Å². The highest BCUT2D eigenvalue weighted by atomic mass is 79.9. The van der Waals surface area contributed by atoms with Gasteiger partial charge >= 0.3 is 0 Å². The van der Waals surface area contributed by atoms with Crippen molar-refractivity contribution in [1.29, 1.82) is 0 Å². The van der Waals surface area contributed by atoms with Crippen molar-refractivity contribution >= 4 is 37.5 Å². The van der Waals surface area contributed by atoms with Crippen LogP contribution in [0.25, 0.3) is 21.3 Å². The van der Waals surface area contributed by atoms with Crippen LogP contribution in [-0.2, 0) is 0 Å². The Kier molecular flexibility index (Phi) is 4.04. The third-order valence-electron chi connectivity index (χ3n) is 3.72. The predicted octanol–water partition coefficient (Wildman–Crippen LogP) is 6.22. The van der Waals surface area contributed by atoms with Gasteiger partial charge in [-0.2, -0.15) is 0 Å². The van der Waals surface area contributed by atoms with Crippen LogP contribution in [0.1, 0.15) is 4.88 Å². The number of halogens is 1. The first-order valence-corrected chi connectivity index (χ1v) is 9.06. The fraction of sp³-hybridized carbons (Fsp3) is 0.0526. The summed E-state index contributed by atoms with van der Waals surface area (Å²) in [5, 5.41) is 0.967. The van der Waals surface area contributed by atoms with E-state index in [0.717, 1.165) is 31.6 Å². The number of aryl methyl sites for hydroxylation is 1. The van der Waals surface area contributed by atoms with Crippen molar-refractivity contribution in [3.63, 3.8) is 0 Å². The monoisotopic (exact) mass is 396 g/mol. The van der Waals surface area contributed by atoms with Crippen molar-refractivity contribution < 1.29 is 4.74 Å². The van der Waals surface area contributed by atoms with Gasteiger partial charge in [-0.05, 0) is 36.8 Å². The largest absolute Gasteiger partial charge is 0.438 e. The molecule has 4 rings (SSSR count). The van der Waals surface area contributed by atoms with Gasteiger partial charge < -0.3 is 4.74 Å². The molecule has 0 saturated heterocycles. The third-order valence-corrected chi connectivity index (χ3v) is 5.26. The maximum absolute atomic E-state index is 6.06. The van der Waals surface area contributed by atoms with Crippen molar-refractivity contribution in [3.8, 4) is 22.8 Å². The Balaban J connectivity index is 1.88. The lowest BCUT2D eigenvalue weighted by atomic mass is 10.0. The molecule has 4 aromatic rings. The number of rotatable bonds is 3. The Hall–Kier alpha value is -2.24. The fourth-order valence-electron chi connectivity index (χ4n) is 2.66. The van der Waals surface area contributed by atoms with Crippen LogP contribution in [0.5, 0.6) is 11.6 Å². The average Bonchev–Trinajstić information content (AvgIpc) is 2.94. The number of hydrogen-bond acceptors (Lipinski definition) is 4. The highest BCUT2D eigenvalue weighted by Gasteiger charge is 2.17. The minimum atomic E-state index is 0.588. The molecule has 0 aliphatic rings. The number of fused-ring (bicyclic) bond motifs is 1. The molecule has 0 fully saturated rings. The van der Waals surface area contributed by atoms with E-state index in [0.29, 0.717) is 5.88 Å². The van der Waals surface area contributed by atoms with E-state index < -0.39 is 0 Å². The van der Waals surface area contributed by atoms with Gasteiger partial charge in [0.2, 0.25) is 5.88 Å². The van der Waals surface area contributed by atoms with Crippen molar-refractivity contribution in [2.24, 2.45) is 0 Å². The lowest BCUT2D eigenvalue weighted by molar-refractivity contribution is 0.468. The van der Waals surface area contributed by atoms with Gasteiger partial charge in [0.1, 0.15) is 16.9 Å². The summed E-state index contributed by atoms with van der Waals surface area (Å²) in [6, 6.07) is 18.0. The Morgan fingerprint density at radius 3 is 2.46 bits per heavy atom. The Labute approximate surface area is 152 Å². The summed E-state index contributed by atoms with van der Waals surface area (Å²) in [7, 11) is 0. The summed E-state index contributed by atoms with van der Waals surface area (Å²) in [4.78, 5) is 11.0. The van der Waals surface area contributed by atoms with E-state index in [1.165, 1.54) is 4.88 Å². The smallest absolute Gasteiger partial charge is 0.231 e. The molecule has 0 aliphatic carbocycles. The van der Waals surface area contributed by atoms with Crippen molar-refractivity contribution in [2.45, 2.75) is 6.92 Å². The molecule has 0 N–H and O–H groups in total. The maximum Gasteiger partial charge on any atom is 0.231 e. The van der Waals surface area contributed by atoms with Gasteiger partial charge in [0, 0.05) is 14.9 Å². The Morgan fingerprint density at radius 2 is 1.71 bits per heavy atom. The standard InChI is InChI=1S/C19H13BrN2OS/c1-12-16(13-5-3-2-4-6-13)17-18(21-11-22-19(17)24-12)23-15-9-7-14(20)8-10-15/h2-11H,1H3. The zero-order chi connectivity index (χ0) is 16.5. The maximum atomic E-state index is 6.06. The molecule has 0 atom stereocenters. The molecule has 0 aliphatic heterocycles. The molecule has 2 aromatic heterocycles. The lowest BCUT2D eigenvalue weighted by Gasteiger charge is -2.08. The van der Waals surface area contributed by atoms with Gasteiger partial charge in [0.25, 0.3) is 0 Å². The van der Waals surface area contributed by atoms with E-state index in [9.17, 15) is 0 Å². The normalized spacial score (nSPS) is 10.9. The van der Waals surface area contributed by atoms with Crippen LogP contribution in [-0.4, -0.2) is 9.97 Å². The second-order valence-electron chi connectivity index (χ2n) is 5.31. The minimum absolute atomic E-state index is 0.588. The van der Waals surface area contributed by atoms with Crippen molar-refractivity contribution in [2.75, 3.05) is 0 Å². The van der Waals surface area contributed by atoms with Crippen LogP contribution in [0.4, 0.5) is 0 Å². The summed E-state index contributed by atoms with van der Waals surface area (Å²) in [5.41, 5.74) is 2.29. The molecule has 0 amide bonds. The zero-order valence-corrected chi connectivity index (χ0v) is 15.3. The predicted molar refractivity (Wildman–Crippen MR) is 102 cm³/mol. The number of ether oxygens (including phenoxy) is 1. The number of hydrogen-bond donors (Lipinski definition) is 0. The first kappa shape index (κ1) is 15.3. The second kappa shape index (κ2) is 6.34. The second-order valence-corrected chi connectivity index (χ2v) is 7.43. The first-order valence-electron chi connectivity index (χ1n) is 7.45. The molecule has 2 heterocycles. The fourth-order valence-corrected chi connectivity index (χ4v) is 3.93. The first-order chi connectivity index (χ1) is 11.7. The molecule has 118 valence electrons.